The molecule has 5 nitrogen and oxygen atoms in total. The number of amides is 1. The Bertz CT molecular complexity index is 1000. The Morgan fingerprint density at radius 3 is 2.23 bits per heavy atom. The van der Waals surface area contributed by atoms with Crippen LogP contribution in [0, 0.1) is 12.8 Å². The molecule has 0 bridgehead atoms. The van der Waals surface area contributed by atoms with Gasteiger partial charge in [0.1, 0.15) is 0 Å². The van der Waals surface area contributed by atoms with Gasteiger partial charge in [-0.1, -0.05) is 17.7 Å². The number of likely N-dealkylation sites (tertiary alicyclic amines) is 1. The second kappa shape index (κ2) is 8.29. The van der Waals surface area contributed by atoms with Crippen LogP contribution < -0.4 is 4.31 Å². The molecule has 1 aliphatic heterocycles. The molecule has 1 saturated heterocycles. The minimum Gasteiger partial charge on any atom is -0.338 e. The van der Waals surface area contributed by atoms with E-state index in [1.54, 1.807) is 12.1 Å². The van der Waals surface area contributed by atoms with Gasteiger partial charge < -0.3 is 4.90 Å². The van der Waals surface area contributed by atoms with Gasteiger partial charge >= 0.3 is 6.18 Å². The molecule has 3 rings (SSSR count). The largest absolute Gasteiger partial charge is 0.393 e. The van der Waals surface area contributed by atoms with Crippen LogP contribution in [0.15, 0.2) is 53.4 Å². The number of anilines is 1. The number of halogens is 3. The predicted octanol–water partition coefficient (Wildman–Crippen LogP) is 4.23. The standard InChI is InChI=1S/C21H23F3N2O3S/c1-15-5-11-19(12-6-15)30(28,29)25(2)18-9-7-16(8-10-18)20(27)26-13-3-4-17(14-26)21(22,23)24/h5-12,17H,3-4,13-14H2,1-2H3/t17-/m0/s1. The summed E-state index contributed by atoms with van der Waals surface area (Å²) in [6.45, 7) is 1.77. The Morgan fingerprint density at radius 1 is 1.07 bits per heavy atom. The number of sulfonamides is 1. The molecular formula is C21H23F3N2O3S. The Labute approximate surface area is 174 Å². The van der Waals surface area contributed by atoms with E-state index in [1.165, 1.54) is 48.3 Å². The van der Waals surface area contributed by atoms with Gasteiger partial charge in [-0.2, -0.15) is 13.2 Å². The Morgan fingerprint density at radius 2 is 1.67 bits per heavy atom. The van der Waals surface area contributed by atoms with Crippen LogP contribution >= 0.6 is 0 Å². The molecule has 0 aliphatic carbocycles. The van der Waals surface area contributed by atoms with Crippen LogP contribution in [0.2, 0.25) is 0 Å². The van der Waals surface area contributed by atoms with Gasteiger partial charge in [-0.25, -0.2) is 8.42 Å². The maximum Gasteiger partial charge on any atom is 0.393 e. The van der Waals surface area contributed by atoms with Crippen LogP contribution in [0.1, 0.15) is 28.8 Å². The minimum atomic E-state index is -4.32. The molecule has 1 atom stereocenters. The molecule has 0 unspecified atom stereocenters. The minimum absolute atomic E-state index is 0.0217. The topological polar surface area (TPSA) is 57.7 Å². The number of hydrogen-bond donors (Lipinski definition) is 0. The van der Waals surface area contributed by atoms with Gasteiger partial charge in [0.05, 0.1) is 16.5 Å². The van der Waals surface area contributed by atoms with Crippen molar-refractivity contribution in [3.05, 3.63) is 59.7 Å². The van der Waals surface area contributed by atoms with Crippen LogP contribution in [-0.4, -0.2) is 45.5 Å². The highest BCUT2D eigenvalue weighted by molar-refractivity contribution is 7.92. The van der Waals surface area contributed by atoms with E-state index in [0.717, 1.165) is 9.87 Å². The first-order valence-corrected chi connectivity index (χ1v) is 11.0. The Hall–Kier alpha value is -2.55. The Kier molecular flexibility index (Phi) is 6.12. The predicted molar refractivity (Wildman–Crippen MR) is 108 cm³/mol. The zero-order valence-corrected chi connectivity index (χ0v) is 17.5. The molecular weight excluding hydrogens is 417 g/mol. The lowest BCUT2D eigenvalue weighted by Gasteiger charge is -2.33. The Balaban J connectivity index is 1.75. The van der Waals surface area contributed by atoms with E-state index in [1.807, 2.05) is 6.92 Å². The smallest absolute Gasteiger partial charge is 0.338 e. The molecule has 0 spiro atoms. The number of nitrogens with zero attached hydrogens (tertiary/aromatic N) is 2. The second-order valence-electron chi connectivity index (χ2n) is 7.46. The quantitative estimate of drug-likeness (QED) is 0.715. The summed E-state index contributed by atoms with van der Waals surface area (Å²) < 4.78 is 65.7. The summed E-state index contributed by atoms with van der Waals surface area (Å²) in [6, 6.07) is 12.3. The van der Waals surface area contributed by atoms with Crippen LogP contribution in [0.5, 0.6) is 0 Å². The highest BCUT2D eigenvalue weighted by Crippen LogP contribution is 2.33. The van der Waals surface area contributed by atoms with Crippen molar-refractivity contribution in [1.82, 2.24) is 4.90 Å². The summed E-state index contributed by atoms with van der Waals surface area (Å²) in [5.41, 5.74) is 1.51. The number of rotatable bonds is 4. The van der Waals surface area contributed by atoms with Crippen molar-refractivity contribution >= 4 is 21.6 Å². The zero-order chi connectivity index (χ0) is 22.1. The fourth-order valence-electron chi connectivity index (χ4n) is 3.43. The van der Waals surface area contributed by atoms with Gasteiger partial charge in [0.15, 0.2) is 0 Å². The van der Waals surface area contributed by atoms with E-state index < -0.39 is 28.0 Å². The van der Waals surface area contributed by atoms with Crippen LogP contribution in [-0.2, 0) is 10.0 Å². The summed E-state index contributed by atoms with van der Waals surface area (Å²) in [7, 11) is -2.37. The van der Waals surface area contributed by atoms with Crippen molar-refractivity contribution < 1.29 is 26.4 Å². The van der Waals surface area contributed by atoms with Gasteiger partial charge in [-0.15, -0.1) is 0 Å². The summed E-state index contributed by atoms with van der Waals surface area (Å²) in [6.07, 6.45) is -4.00. The fourth-order valence-corrected chi connectivity index (χ4v) is 4.63. The van der Waals surface area contributed by atoms with E-state index in [4.69, 9.17) is 0 Å². The molecule has 162 valence electrons. The summed E-state index contributed by atoms with van der Waals surface area (Å²) >= 11 is 0. The maximum atomic E-state index is 13.0. The molecule has 1 amide bonds. The van der Waals surface area contributed by atoms with Crippen molar-refractivity contribution in [2.24, 2.45) is 5.92 Å². The molecule has 2 aromatic rings. The monoisotopic (exact) mass is 440 g/mol. The van der Waals surface area contributed by atoms with Gasteiger partial charge in [0.2, 0.25) is 0 Å². The average Bonchev–Trinajstić information content (AvgIpc) is 2.72. The molecule has 0 saturated carbocycles. The summed E-state index contributed by atoms with van der Waals surface area (Å²) in [5, 5.41) is 0. The number of piperidine rings is 1. The van der Waals surface area contributed by atoms with Crippen molar-refractivity contribution in [1.29, 1.82) is 0 Å². The first-order valence-electron chi connectivity index (χ1n) is 9.52. The first-order chi connectivity index (χ1) is 14.0. The van der Waals surface area contributed by atoms with Crippen molar-refractivity contribution in [3.63, 3.8) is 0 Å². The van der Waals surface area contributed by atoms with Crippen molar-refractivity contribution in [2.75, 3.05) is 24.4 Å². The van der Waals surface area contributed by atoms with E-state index in [0.29, 0.717) is 12.1 Å². The molecule has 9 heteroatoms. The zero-order valence-electron chi connectivity index (χ0n) is 16.7. The van der Waals surface area contributed by atoms with Gasteiger partial charge in [-0.3, -0.25) is 9.10 Å². The molecule has 1 heterocycles. The lowest BCUT2D eigenvalue weighted by molar-refractivity contribution is -0.184. The molecule has 2 aromatic carbocycles. The average molecular weight is 440 g/mol. The van der Waals surface area contributed by atoms with E-state index in [-0.39, 0.29) is 30.0 Å². The number of carbonyl (C=O) groups excluding carboxylic acids is 1. The SMILES string of the molecule is Cc1ccc(S(=O)(=O)N(C)c2ccc(C(=O)N3CCC[C@H](C(F)(F)F)C3)cc2)cc1. The summed E-state index contributed by atoms with van der Waals surface area (Å²) in [4.78, 5) is 14.0. The van der Waals surface area contributed by atoms with Crippen molar-refractivity contribution in [2.45, 2.75) is 30.8 Å². The van der Waals surface area contributed by atoms with E-state index in [9.17, 15) is 26.4 Å². The number of alkyl halides is 3. The molecule has 1 fully saturated rings. The van der Waals surface area contributed by atoms with Gasteiger partial charge in [-0.05, 0) is 56.2 Å². The third-order valence-corrected chi connectivity index (χ3v) is 7.13. The number of hydrogen-bond acceptors (Lipinski definition) is 3. The highest BCUT2D eigenvalue weighted by atomic mass is 32.2. The molecule has 0 radical (unpaired) electrons. The highest BCUT2D eigenvalue weighted by Gasteiger charge is 2.42. The van der Waals surface area contributed by atoms with E-state index >= 15 is 0 Å². The molecule has 1 aliphatic rings. The molecule has 30 heavy (non-hydrogen) atoms. The number of benzene rings is 2. The lowest BCUT2D eigenvalue weighted by Crippen LogP contribution is -2.44. The van der Waals surface area contributed by atoms with Gasteiger partial charge in [0, 0.05) is 25.7 Å². The third-order valence-electron chi connectivity index (χ3n) is 5.33. The maximum absolute atomic E-state index is 13.0. The van der Waals surface area contributed by atoms with Crippen LogP contribution in [0.4, 0.5) is 18.9 Å². The second-order valence-corrected chi connectivity index (χ2v) is 9.43. The first kappa shape index (κ1) is 22.1. The normalized spacial score (nSPS) is 17.6. The van der Waals surface area contributed by atoms with Crippen LogP contribution in [0.25, 0.3) is 0 Å². The fraction of sp³-hybridized carbons (Fsp3) is 0.381. The number of aryl methyl sites for hydroxylation is 1. The molecule has 0 aromatic heterocycles. The lowest BCUT2D eigenvalue weighted by atomic mass is 9.97. The third kappa shape index (κ3) is 4.61. The van der Waals surface area contributed by atoms with Crippen molar-refractivity contribution in [3.8, 4) is 0 Å². The van der Waals surface area contributed by atoms with E-state index in [2.05, 4.69) is 0 Å². The van der Waals surface area contributed by atoms with Crippen LogP contribution in [0.3, 0.4) is 0 Å². The van der Waals surface area contributed by atoms with Gasteiger partial charge in [0.25, 0.3) is 15.9 Å². The molecule has 0 N–H and O–H groups in total. The number of carbonyl (C=O) groups is 1. The summed E-state index contributed by atoms with van der Waals surface area (Å²) in [5.74, 6) is -2.00.